The van der Waals surface area contributed by atoms with Gasteiger partial charge in [-0.2, -0.15) is 0 Å². The number of nitrogen functional groups attached to an aromatic ring is 1. The molecule has 98 valence electrons. The molecule has 1 aliphatic rings. The molecule has 2 atom stereocenters. The van der Waals surface area contributed by atoms with Gasteiger partial charge in [-0.3, -0.25) is 0 Å². The van der Waals surface area contributed by atoms with E-state index in [1.54, 1.807) is 12.3 Å². The maximum atomic E-state index is 11.7. The third-order valence-corrected chi connectivity index (χ3v) is 3.44. The molecule has 2 N–H and O–H groups in total. The quantitative estimate of drug-likeness (QED) is 0.820. The molecule has 1 fully saturated rings. The number of pyridine rings is 1. The Hall–Kier alpha value is -1.78. The highest BCUT2D eigenvalue weighted by atomic mass is 16.5. The molecular weight excluding hydrogens is 230 g/mol. The average Bonchev–Trinajstić information content (AvgIpc) is 3.03. The fourth-order valence-corrected chi connectivity index (χ4v) is 2.13. The summed E-state index contributed by atoms with van der Waals surface area (Å²) in [4.78, 5) is 18.0. The zero-order valence-electron chi connectivity index (χ0n) is 11.0. The first-order valence-corrected chi connectivity index (χ1v) is 6.08. The predicted octanol–water partition coefficient (Wildman–Crippen LogP) is 1.54. The Morgan fingerprint density at radius 2 is 2.33 bits per heavy atom. The van der Waals surface area contributed by atoms with Crippen molar-refractivity contribution < 1.29 is 9.53 Å². The summed E-state index contributed by atoms with van der Waals surface area (Å²) >= 11 is 0. The first-order valence-electron chi connectivity index (χ1n) is 6.08. The van der Waals surface area contributed by atoms with Crippen LogP contribution in [0.3, 0.4) is 0 Å². The van der Waals surface area contributed by atoms with Crippen LogP contribution in [0.1, 0.15) is 23.7 Å². The number of hydrogen-bond acceptors (Lipinski definition) is 5. The lowest BCUT2D eigenvalue weighted by Crippen LogP contribution is -2.24. The minimum atomic E-state index is -0.402. The zero-order chi connectivity index (χ0) is 13.3. The smallest absolute Gasteiger partial charge is 0.341 e. The summed E-state index contributed by atoms with van der Waals surface area (Å²) in [5.41, 5.74) is 6.56. The number of ether oxygens (including phenoxy) is 1. The van der Waals surface area contributed by atoms with Gasteiger partial charge in [-0.25, -0.2) is 9.78 Å². The van der Waals surface area contributed by atoms with Crippen molar-refractivity contribution >= 4 is 17.5 Å². The number of carbonyl (C=O) groups excluding carboxylic acids is 1. The number of methoxy groups -OCH3 is 1. The summed E-state index contributed by atoms with van der Waals surface area (Å²) in [5, 5.41) is 0. The van der Waals surface area contributed by atoms with Crippen molar-refractivity contribution in [2.45, 2.75) is 13.3 Å². The van der Waals surface area contributed by atoms with Crippen LogP contribution in [0.4, 0.5) is 11.5 Å². The predicted molar refractivity (Wildman–Crippen MR) is 70.5 cm³/mol. The number of nitrogens with zero attached hydrogens (tertiary/aromatic N) is 2. The largest absolute Gasteiger partial charge is 0.465 e. The first kappa shape index (κ1) is 12.7. The van der Waals surface area contributed by atoms with E-state index >= 15 is 0 Å². The van der Waals surface area contributed by atoms with Gasteiger partial charge in [-0.05, 0) is 24.3 Å². The zero-order valence-corrected chi connectivity index (χ0v) is 11.0. The Kier molecular flexibility index (Phi) is 3.41. The molecule has 1 aromatic heterocycles. The van der Waals surface area contributed by atoms with Gasteiger partial charge in [0.05, 0.1) is 19.0 Å². The van der Waals surface area contributed by atoms with Crippen LogP contribution in [-0.2, 0) is 4.74 Å². The average molecular weight is 249 g/mol. The molecule has 1 heterocycles. The number of carbonyl (C=O) groups is 1. The third kappa shape index (κ3) is 2.55. The Labute approximate surface area is 107 Å². The van der Waals surface area contributed by atoms with Crippen molar-refractivity contribution in [3.63, 3.8) is 0 Å². The highest BCUT2D eigenvalue weighted by Crippen LogP contribution is 2.38. The molecule has 5 heteroatoms. The second-order valence-corrected chi connectivity index (χ2v) is 4.98. The van der Waals surface area contributed by atoms with E-state index in [-0.39, 0.29) is 0 Å². The molecule has 5 nitrogen and oxygen atoms in total. The van der Waals surface area contributed by atoms with E-state index in [1.807, 2.05) is 11.9 Å². The standard InChI is InChI=1S/C13H19N3O2/c1-8-4-9(8)7-16(2)12-11(13(17)18-3)5-10(14)6-15-12/h5-6,8-9H,4,7,14H2,1-3H3. The van der Waals surface area contributed by atoms with E-state index in [2.05, 4.69) is 11.9 Å². The number of aromatic nitrogens is 1. The topological polar surface area (TPSA) is 68.5 Å². The molecule has 0 spiro atoms. The number of rotatable bonds is 4. The molecule has 0 aliphatic heterocycles. The van der Waals surface area contributed by atoms with E-state index < -0.39 is 5.97 Å². The summed E-state index contributed by atoms with van der Waals surface area (Å²) in [6.07, 6.45) is 2.81. The van der Waals surface area contributed by atoms with Crippen LogP contribution in [0.5, 0.6) is 0 Å². The van der Waals surface area contributed by atoms with Crippen LogP contribution in [0, 0.1) is 11.8 Å². The minimum Gasteiger partial charge on any atom is -0.465 e. The number of esters is 1. The molecule has 2 unspecified atom stereocenters. The fraction of sp³-hybridized carbons (Fsp3) is 0.538. The lowest BCUT2D eigenvalue weighted by molar-refractivity contribution is 0.0601. The van der Waals surface area contributed by atoms with Gasteiger partial charge in [0.1, 0.15) is 11.4 Å². The van der Waals surface area contributed by atoms with Gasteiger partial charge >= 0.3 is 5.97 Å². The summed E-state index contributed by atoms with van der Waals surface area (Å²) < 4.78 is 4.76. The molecule has 0 aromatic carbocycles. The van der Waals surface area contributed by atoms with Crippen LogP contribution in [-0.4, -0.2) is 31.7 Å². The van der Waals surface area contributed by atoms with Gasteiger partial charge in [0.25, 0.3) is 0 Å². The van der Waals surface area contributed by atoms with E-state index in [1.165, 1.54) is 13.5 Å². The second kappa shape index (κ2) is 4.84. The van der Waals surface area contributed by atoms with E-state index in [0.29, 0.717) is 23.0 Å². The van der Waals surface area contributed by atoms with Crippen LogP contribution < -0.4 is 10.6 Å². The third-order valence-electron chi connectivity index (χ3n) is 3.44. The van der Waals surface area contributed by atoms with Crippen molar-refractivity contribution in [3.05, 3.63) is 17.8 Å². The van der Waals surface area contributed by atoms with Gasteiger partial charge in [0, 0.05) is 13.6 Å². The summed E-state index contributed by atoms with van der Waals surface area (Å²) in [6, 6.07) is 1.61. The minimum absolute atomic E-state index is 0.402. The second-order valence-electron chi connectivity index (χ2n) is 4.98. The molecule has 1 saturated carbocycles. The molecule has 0 radical (unpaired) electrons. The molecule has 0 amide bonds. The van der Waals surface area contributed by atoms with Crippen LogP contribution in [0.2, 0.25) is 0 Å². The van der Waals surface area contributed by atoms with Crippen molar-refractivity contribution in [2.75, 3.05) is 31.3 Å². The van der Waals surface area contributed by atoms with Crippen molar-refractivity contribution in [2.24, 2.45) is 11.8 Å². The molecule has 1 aromatic rings. The molecule has 0 bridgehead atoms. The summed E-state index contributed by atoms with van der Waals surface area (Å²) in [5.74, 6) is 1.69. The Morgan fingerprint density at radius 3 is 2.89 bits per heavy atom. The van der Waals surface area contributed by atoms with E-state index in [4.69, 9.17) is 10.5 Å². The molecular formula is C13H19N3O2. The van der Waals surface area contributed by atoms with E-state index in [9.17, 15) is 4.79 Å². The molecule has 1 aliphatic carbocycles. The van der Waals surface area contributed by atoms with E-state index in [0.717, 1.165) is 12.5 Å². The monoisotopic (exact) mass is 249 g/mol. The highest BCUT2D eigenvalue weighted by Gasteiger charge is 2.34. The van der Waals surface area contributed by atoms with Crippen LogP contribution in [0.15, 0.2) is 12.3 Å². The normalized spacial score (nSPS) is 21.5. The number of hydrogen-bond donors (Lipinski definition) is 1. The summed E-state index contributed by atoms with van der Waals surface area (Å²) in [7, 11) is 3.30. The van der Waals surface area contributed by atoms with Crippen molar-refractivity contribution in [3.8, 4) is 0 Å². The Morgan fingerprint density at radius 1 is 1.67 bits per heavy atom. The molecule has 0 saturated heterocycles. The molecule has 2 rings (SSSR count). The van der Waals surface area contributed by atoms with Crippen LogP contribution >= 0.6 is 0 Å². The van der Waals surface area contributed by atoms with Crippen molar-refractivity contribution in [1.29, 1.82) is 0 Å². The van der Waals surface area contributed by atoms with Gasteiger partial charge in [-0.1, -0.05) is 6.92 Å². The molecule has 18 heavy (non-hydrogen) atoms. The highest BCUT2D eigenvalue weighted by molar-refractivity contribution is 5.95. The number of anilines is 2. The van der Waals surface area contributed by atoms with Gasteiger partial charge in [0.15, 0.2) is 0 Å². The SMILES string of the molecule is COC(=O)c1cc(N)cnc1N(C)CC1CC1C. The summed E-state index contributed by atoms with van der Waals surface area (Å²) in [6.45, 7) is 3.14. The van der Waals surface area contributed by atoms with Gasteiger partial charge < -0.3 is 15.4 Å². The van der Waals surface area contributed by atoms with Crippen molar-refractivity contribution in [1.82, 2.24) is 4.98 Å². The maximum Gasteiger partial charge on any atom is 0.341 e. The Bertz CT molecular complexity index is 462. The van der Waals surface area contributed by atoms with Gasteiger partial charge in [0.2, 0.25) is 0 Å². The van der Waals surface area contributed by atoms with Crippen LogP contribution in [0.25, 0.3) is 0 Å². The lowest BCUT2D eigenvalue weighted by atomic mass is 10.2. The Balaban J connectivity index is 2.22. The lowest BCUT2D eigenvalue weighted by Gasteiger charge is -2.20. The van der Waals surface area contributed by atoms with Gasteiger partial charge in [-0.15, -0.1) is 0 Å². The maximum absolute atomic E-state index is 11.7. The fourth-order valence-electron chi connectivity index (χ4n) is 2.13. The number of nitrogens with two attached hydrogens (primary N) is 1. The first-order chi connectivity index (χ1) is 8.52.